The SMILES string of the molecule is c1ccn2c([C@H]3CCCN3)ncc2c1. The molecule has 1 N–H and O–H groups in total. The lowest BCUT2D eigenvalue weighted by molar-refractivity contribution is 0.602. The lowest BCUT2D eigenvalue weighted by Crippen LogP contribution is -2.15. The van der Waals surface area contributed by atoms with Crippen LogP contribution < -0.4 is 5.32 Å². The molecule has 0 aliphatic carbocycles. The van der Waals surface area contributed by atoms with Crippen molar-refractivity contribution in [1.82, 2.24) is 14.7 Å². The van der Waals surface area contributed by atoms with Gasteiger partial charge in [-0.25, -0.2) is 4.98 Å². The van der Waals surface area contributed by atoms with Crippen LogP contribution in [0.1, 0.15) is 24.7 Å². The lowest BCUT2D eigenvalue weighted by atomic mass is 10.2. The predicted octanol–water partition coefficient (Wildman–Crippen LogP) is 1.76. The number of nitrogens with one attached hydrogen (secondary N) is 1. The molecule has 0 aromatic carbocycles. The number of hydrogen-bond acceptors (Lipinski definition) is 2. The molecule has 0 saturated carbocycles. The van der Waals surface area contributed by atoms with E-state index in [4.69, 9.17) is 0 Å². The summed E-state index contributed by atoms with van der Waals surface area (Å²) < 4.78 is 2.17. The van der Waals surface area contributed by atoms with E-state index >= 15 is 0 Å². The molecule has 14 heavy (non-hydrogen) atoms. The normalized spacial score (nSPS) is 21.9. The standard InChI is InChI=1S/C11H13N3/c1-2-7-14-9(4-1)8-13-11(14)10-5-3-6-12-10/h1-2,4,7-8,10,12H,3,5-6H2/t10-/m1/s1. The van der Waals surface area contributed by atoms with Crippen molar-refractivity contribution in [2.45, 2.75) is 18.9 Å². The molecule has 0 amide bonds. The summed E-state index contributed by atoms with van der Waals surface area (Å²) in [5, 5.41) is 3.47. The van der Waals surface area contributed by atoms with E-state index in [2.05, 4.69) is 27.0 Å². The lowest BCUT2D eigenvalue weighted by Gasteiger charge is -2.08. The third-order valence-corrected chi connectivity index (χ3v) is 2.84. The van der Waals surface area contributed by atoms with Crippen LogP contribution >= 0.6 is 0 Å². The second-order valence-corrected chi connectivity index (χ2v) is 3.76. The molecule has 3 heterocycles. The van der Waals surface area contributed by atoms with Gasteiger partial charge in [0.1, 0.15) is 5.82 Å². The van der Waals surface area contributed by atoms with Crippen LogP contribution in [0.5, 0.6) is 0 Å². The summed E-state index contributed by atoms with van der Waals surface area (Å²) in [5.41, 5.74) is 1.18. The molecule has 1 atom stereocenters. The molecule has 3 nitrogen and oxygen atoms in total. The van der Waals surface area contributed by atoms with Crippen molar-refractivity contribution in [3.05, 3.63) is 36.4 Å². The summed E-state index contributed by atoms with van der Waals surface area (Å²) >= 11 is 0. The topological polar surface area (TPSA) is 29.3 Å². The molecule has 0 bridgehead atoms. The highest BCUT2D eigenvalue weighted by atomic mass is 15.1. The fraction of sp³-hybridized carbons (Fsp3) is 0.364. The minimum absolute atomic E-state index is 0.444. The first-order chi connectivity index (χ1) is 6.95. The highest BCUT2D eigenvalue weighted by molar-refractivity contribution is 5.45. The highest BCUT2D eigenvalue weighted by Gasteiger charge is 2.19. The van der Waals surface area contributed by atoms with Gasteiger partial charge in [-0.05, 0) is 31.5 Å². The minimum atomic E-state index is 0.444. The number of nitrogens with zero attached hydrogens (tertiary/aromatic N) is 2. The smallest absolute Gasteiger partial charge is 0.130 e. The van der Waals surface area contributed by atoms with Gasteiger partial charge >= 0.3 is 0 Å². The van der Waals surface area contributed by atoms with Crippen LogP contribution in [0.3, 0.4) is 0 Å². The van der Waals surface area contributed by atoms with Gasteiger partial charge < -0.3 is 9.72 Å². The number of imidazole rings is 1. The Balaban J connectivity index is 2.11. The number of fused-ring (bicyclic) bond motifs is 1. The molecule has 0 radical (unpaired) electrons. The van der Waals surface area contributed by atoms with Crippen LogP contribution in [0.15, 0.2) is 30.6 Å². The molecule has 1 saturated heterocycles. The average Bonchev–Trinajstić information content (AvgIpc) is 2.85. The number of pyridine rings is 1. The first-order valence-corrected chi connectivity index (χ1v) is 5.10. The summed E-state index contributed by atoms with van der Waals surface area (Å²) in [6.07, 6.45) is 6.48. The third kappa shape index (κ3) is 1.13. The minimum Gasteiger partial charge on any atom is -0.307 e. The fourth-order valence-corrected chi connectivity index (χ4v) is 2.13. The first kappa shape index (κ1) is 8.00. The van der Waals surface area contributed by atoms with Crippen LogP contribution in [0.2, 0.25) is 0 Å². The molecular weight excluding hydrogens is 174 g/mol. The van der Waals surface area contributed by atoms with Crippen molar-refractivity contribution in [3.63, 3.8) is 0 Å². The maximum atomic E-state index is 4.48. The van der Waals surface area contributed by atoms with E-state index in [1.807, 2.05) is 18.3 Å². The van der Waals surface area contributed by atoms with Crippen LogP contribution in [0.4, 0.5) is 0 Å². The van der Waals surface area contributed by atoms with Gasteiger partial charge in [-0.2, -0.15) is 0 Å². The van der Waals surface area contributed by atoms with Crippen LogP contribution in [0.25, 0.3) is 5.52 Å². The quantitative estimate of drug-likeness (QED) is 0.737. The Hall–Kier alpha value is -1.35. The number of rotatable bonds is 1. The Morgan fingerprint density at radius 2 is 2.43 bits per heavy atom. The molecule has 2 aromatic heterocycles. The Labute approximate surface area is 82.8 Å². The predicted molar refractivity (Wildman–Crippen MR) is 55.2 cm³/mol. The molecule has 72 valence electrons. The van der Waals surface area contributed by atoms with Gasteiger partial charge in [0.05, 0.1) is 17.8 Å². The Bertz CT molecular complexity index is 440. The van der Waals surface area contributed by atoms with Gasteiger partial charge in [0.15, 0.2) is 0 Å². The van der Waals surface area contributed by atoms with Gasteiger partial charge in [-0.1, -0.05) is 6.07 Å². The summed E-state index contributed by atoms with van der Waals surface area (Å²) in [7, 11) is 0. The molecule has 2 aromatic rings. The van der Waals surface area contributed by atoms with Crippen LogP contribution in [-0.4, -0.2) is 15.9 Å². The van der Waals surface area contributed by atoms with E-state index in [0.29, 0.717) is 6.04 Å². The van der Waals surface area contributed by atoms with Crippen molar-refractivity contribution < 1.29 is 0 Å². The Morgan fingerprint density at radius 1 is 1.43 bits per heavy atom. The number of hydrogen-bond donors (Lipinski definition) is 1. The van der Waals surface area contributed by atoms with E-state index in [9.17, 15) is 0 Å². The Kier molecular flexibility index (Phi) is 1.77. The van der Waals surface area contributed by atoms with Gasteiger partial charge in [0.25, 0.3) is 0 Å². The molecule has 1 fully saturated rings. The molecule has 3 heteroatoms. The summed E-state index contributed by atoms with van der Waals surface area (Å²) in [5.74, 6) is 1.15. The molecule has 0 spiro atoms. The van der Waals surface area contributed by atoms with E-state index < -0.39 is 0 Å². The van der Waals surface area contributed by atoms with Crippen LogP contribution in [-0.2, 0) is 0 Å². The molecule has 3 rings (SSSR count). The summed E-state index contributed by atoms with van der Waals surface area (Å²) in [4.78, 5) is 4.48. The van der Waals surface area contributed by atoms with Gasteiger partial charge in [0, 0.05) is 6.20 Å². The van der Waals surface area contributed by atoms with Crippen LogP contribution in [0, 0.1) is 0 Å². The zero-order valence-electron chi connectivity index (χ0n) is 7.98. The van der Waals surface area contributed by atoms with Crippen molar-refractivity contribution in [1.29, 1.82) is 0 Å². The monoisotopic (exact) mass is 187 g/mol. The molecule has 1 aliphatic heterocycles. The zero-order chi connectivity index (χ0) is 9.38. The average molecular weight is 187 g/mol. The van der Waals surface area contributed by atoms with Crippen molar-refractivity contribution >= 4 is 5.52 Å². The van der Waals surface area contributed by atoms with Gasteiger partial charge in [0.2, 0.25) is 0 Å². The van der Waals surface area contributed by atoms with Crippen molar-refractivity contribution in [3.8, 4) is 0 Å². The second kappa shape index (κ2) is 3.10. The number of aromatic nitrogens is 2. The molecule has 1 aliphatic rings. The maximum Gasteiger partial charge on any atom is 0.130 e. The molecule has 0 unspecified atom stereocenters. The van der Waals surface area contributed by atoms with E-state index in [0.717, 1.165) is 12.4 Å². The second-order valence-electron chi connectivity index (χ2n) is 3.76. The van der Waals surface area contributed by atoms with Crippen molar-refractivity contribution in [2.24, 2.45) is 0 Å². The molecular formula is C11H13N3. The van der Waals surface area contributed by atoms with E-state index in [1.54, 1.807) is 0 Å². The summed E-state index contributed by atoms with van der Waals surface area (Å²) in [6, 6.07) is 6.63. The fourth-order valence-electron chi connectivity index (χ4n) is 2.13. The maximum absolute atomic E-state index is 4.48. The summed E-state index contributed by atoms with van der Waals surface area (Å²) in [6.45, 7) is 1.12. The van der Waals surface area contributed by atoms with Crippen molar-refractivity contribution in [2.75, 3.05) is 6.54 Å². The van der Waals surface area contributed by atoms with Gasteiger partial charge in [-0.3, -0.25) is 0 Å². The third-order valence-electron chi connectivity index (χ3n) is 2.84. The largest absolute Gasteiger partial charge is 0.307 e. The highest BCUT2D eigenvalue weighted by Crippen LogP contribution is 2.22. The Morgan fingerprint density at radius 3 is 3.29 bits per heavy atom. The zero-order valence-corrected chi connectivity index (χ0v) is 7.98. The van der Waals surface area contributed by atoms with E-state index in [-0.39, 0.29) is 0 Å². The van der Waals surface area contributed by atoms with E-state index in [1.165, 1.54) is 18.4 Å². The van der Waals surface area contributed by atoms with Gasteiger partial charge in [-0.15, -0.1) is 0 Å². The first-order valence-electron chi connectivity index (χ1n) is 5.10.